The summed E-state index contributed by atoms with van der Waals surface area (Å²) >= 11 is 6.22. The topological polar surface area (TPSA) is 52.6 Å². The molecule has 0 spiro atoms. The highest BCUT2D eigenvalue weighted by Crippen LogP contribution is 2.25. The fourth-order valence-electron chi connectivity index (χ4n) is 3.15. The maximum absolute atomic E-state index is 13.7. The zero-order chi connectivity index (χ0) is 19.2. The normalized spacial score (nSPS) is 17.3. The average Bonchev–Trinajstić information content (AvgIpc) is 3.12. The maximum Gasteiger partial charge on any atom is 0.191 e. The lowest BCUT2D eigenvalue weighted by Crippen LogP contribution is -2.45. The average molecular weight is 394 g/mol. The monoisotopic (exact) mass is 393 g/mol. The van der Waals surface area contributed by atoms with E-state index in [1.54, 1.807) is 13.2 Å². The molecule has 5 nitrogen and oxygen atoms in total. The standard InChI is InChI=1S/C19H22ClF2N5/c1-23-19(25-10-7-14-16(21)5-2-6-17(14)22)26-13-8-11-27(12-13)18-15(20)4-3-9-24-18/h2-6,9,13H,7-8,10-12H2,1H3,(H2,23,25,26). The van der Waals surface area contributed by atoms with E-state index in [-0.39, 0.29) is 18.0 Å². The molecule has 1 atom stereocenters. The van der Waals surface area contributed by atoms with Crippen LogP contribution in [0.1, 0.15) is 12.0 Å². The van der Waals surface area contributed by atoms with E-state index in [0.717, 1.165) is 25.3 Å². The molecule has 1 saturated heterocycles. The summed E-state index contributed by atoms with van der Waals surface area (Å²) in [6, 6.07) is 7.71. The Labute approximate surface area is 162 Å². The Kier molecular flexibility index (Phi) is 6.45. The number of nitrogens with zero attached hydrogens (tertiary/aromatic N) is 3. The molecule has 144 valence electrons. The minimum absolute atomic E-state index is 0.0808. The highest BCUT2D eigenvalue weighted by atomic mass is 35.5. The first-order valence-corrected chi connectivity index (χ1v) is 9.22. The molecule has 2 heterocycles. The van der Waals surface area contributed by atoms with Gasteiger partial charge in [-0.15, -0.1) is 0 Å². The molecule has 1 aliphatic heterocycles. The Morgan fingerprint density at radius 2 is 2.07 bits per heavy atom. The molecule has 8 heteroatoms. The van der Waals surface area contributed by atoms with Crippen LogP contribution in [-0.4, -0.2) is 43.7 Å². The van der Waals surface area contributed by atoms with Crippen LogP contribution in [0, 0.1) is 11.6 Å². The number of guanidine groups is 1. The van der Waals surface area contributed by atoms with Gasteiger partial charge in [-0.2, -0.15) is 0 Å². The smallest absolute Gasteiger partial charge is 0.191 e. The van der Waals surface area contributed by atoms with E-state index in [9.17, 15) is 8.78 Å². The number of halogens is 3. The van der Waals surface area contributed by atoms with Gasteiger partial charge in [0.25, 0.3) is 0 Å². The van der Waals surface area contributed by atoms with Crippen molar-refractivity contribution in [2.45, 2.75) is 18.9 Å². The van der Waals surface area contributed by atoms with Crippen molar-refractivity contribution in [2.75, 3.05) is 31.6 Å². The van der Waals surface area contributed by atoms with Gasteiger partial charge in [0, 0.05) is 44.5 Å². The van der Waals surface area contributed by atoms with Crippen LogP contribution in [0.3, 0.4) is 0 Å². The highest BCUT2D eigenvalue weighted by molar-refractivity contribution is 6.32. The van der Waals surface area contributed by atoms with Gasteiger partial charge >= 0.3 is 0 Å². The first-order chi connectivity index (χ1) is 13.1. The van der Waals surface area contributed by atoms with Gasteiger partial charge < -0.3 is 15.5 Å². The first kappa shape index (κ1) is 19.4. The summed E-state index contributed by atoms with van der Waals surface area (Å²) in [7, 11) is 1.67. The van der Waals surface area contributed by atoms with Crippen molar-refractivity contribution in [3.63, 3.8) is 0 Å². The van der Waals surface area contributed by atoms with E-state index in [1.807, 2.05) is 12.1 Å². The molecule has 0 amide bonds. The molecular formula is C19H22ClF2N5. The van der Waals surface area contributed by atoms with Gasteiger partial charge in [-0.3, -0.25) is 4.99 Å². The number of hydrogen-bond acceptors (Lipinski definition) is 3. The van der Waals surface area contributed by atoms with Crippen molar-refractivity contribution in [3.05, 3.63) is 58.7 Å². The van der Waals surface area contributed by atoms with Crippen molar-refractivity contribution in [2.24, 2.45) is 4.99 Å². The molecule has 2 aromatic rings. The van der Waals surface area contributed by atoms with Crippen molar-refractivity contribution in [1.29, 1.82) is 0 Å². The predicted octanol–water partition coefficient (Wildman–Crippen LogP) is 3.00. The van der Waals surface area contributed by atoms with Crippen LogP contribution in [0.4, 0.5) is 14.6 Å². The second-order valence-corrected chi connectivity index (χ2v) is 6.74. The lowest BCUT2D eigenvalue weighted by Gasteiger charge is -2.20. The minimum Gasteiger partial charge on any atom is -0.356 e. The van der Waals surface area contributed by atoms with E-state index in [4.69, 9.17) is 11.6 Å². The van der Waals surface area contributed by atoms with Crippen LogP contribution in [0.15, 0.2) is 41.5 Å². The number of aliphatic imine (C=N–C) groups is 1. The summed E-state index contributed by atoms with van der Waals surface area (Å²) < 4.78 is 27.4. The molecule has 1 aromatic heterocycles. The third-order valence-corrected chi connectivity index (χ3v) is 4.82. The third kappa shape index (κ3) is 4.86. The number of aromatic nitrogens is 1. The molecule has 0 radical (unpaired) electrons. The summed E-state index contributed by atoms with van der Waals surface area (Å²) in [4.78, 5) is 10.7. The Balaban J connectivity index is 1.50. The van der Waals surface area contributed by atoms with Gasteiger partial charge in [0.05, 0.1) is 5.02 Å². The Bertz CT molecular complexity index is 794. The number of rotatable bonds is 5. The summed E-state index contributed by atoms with van der Waals surface area (Å²) in [5, 5.41) is 7.08. The number of benzene rings is 1. The van der Waals surface area contributed by atoms with E-state index in [2.05, 4.69) is 25.5 Å². The van der Waals surface area contributed by atoms with Crippen molar-refractivity contribution >= 4 is 23.4 Å². The fraction of sp³-hybridized carbons (Fsp3) is 0.368. The van der Waals surface area contributed by atoms with Gasteiger partial charge in [0.1, 0.15) is 17.5 Å². The Morgan fingerprint density at radius 3 is 2.78 bits per heavy atom. The molecule has 1 unspecified atom stereocenters. The van der Waals surface area contributed by atoms with Crippen molar-refractivity contribution in [3.8, 4) is 0 Å². The van der Waals surface area contributed by atoms with Crippen molar-refractivity contribution in [1.82, 2.24) is 15.6 Å². The first-order valence-electron chi connectivity index (χ1n) is 8.84. The SMILES string of the molecule is CN=C(NCCc1c(F)cccc1F)NC1CCN(c2ncccc2Cl)C1. The van der Waals surface area contributed by atoms with E-state index in [1.165, 1.54) is 18.2 Å². The molecule has 1 fully saturated rings. The van der Waals surface area contributed by atoms with E-state index < -0.39 is 11.6 Å². The summed E-state index contributed by atoms with van der Waals surface area (Å²) in [6.07, 6.45) is 2.87. The van der Waals surface area contributed by atoms with Gasteiger partial charge in [-0.05, 0) is 37.1 Å². The number of anilines is 1. The predicted molar refractivity (Wildman–Crippen MR) is 104 cm³/mol. The Hall–Kier alpha value is -2.41. The molecule has 1 aromatic carbocycles. The number of hydrogen-bond donors (Lipinski definition) is 2. The molecule has 1 aliphatic rings. The molecule has 27 heavy (non-hydrogen) atoms. The Morgan fingerprint density at radius 1 is 1.30 bits per heavy atom. The van der Waals surface area contributed by atoms with E-state index >= 15 is 0 Å². The zero-order valence-corrected chi connectivity index (χ0v) is 15.8. The quantitative estimate of drug-likeness (QED) is 0.605. The second kappa shape index (κ2) is 8.99. The molecule has 0 bridgehead atoms. The minimum atomic E-state index is -0.529. The van der Waals surface area contributed by atoms with Crippen molar-refractivity contribution < 1.29 is 8.78 Å². The largest absolute Gasteiger partial charge is 0.356 e. The van der Waals surface area contributed by atoms with Crippen LogP contribution in [0.5, 0.6) is 0 Å². The van der Waals surface area contributed by atoms with Crippen LogP contribution < -0.4 is 15.5 Å². The number of pyridine rings is 1. The van der Waals surface area contributed by atoms with Crippen LogP contribution in [0.25, 0.3) is 0 Å². The van der Waals surface area contributed by atoms with Gasteiger partial charge in [0.15, 0.2) is 5.96 Å². The van der Waals surface area contributed by atoms with Crippen LogP contribution >= 0.6 is 11.6 Å². The molecule has 0 aliphatic carbocycles. The van der Waals surface area contributed by atoms with Gasteiger partial charge in [-0.1, -0.05) is 17.7 Å². The zero-order valence-electron chi connectivity index (χ0n) is 15.1. The molecule has 0 saturated carbocycles. The van der Waals surface area contributed by atoms with E-state index in [0.29, 0.717) is 17.5 Å². The summed E-state index contributed by atoms with van der Waals surface area (Å²) in [6.45, 7) is 1.96. The van der Waals surface area contributed by atoms with Crippen LogP contribution in [-0.2, 0) is 6.42 Å². The molecule has 3 rings (SSSR count). The highest BCUT2D eigenvalue weighted by Gasteiger charge is 2.25. The summed E-state index contributed by atoms with van der Waals surface area (Å²) in [5.74, 6) is 0.323. The number of nitrogens with one attached hydrogen (secondary N) is 2. The lowest BCUT2D eigenvalue weighted by atomic mass is 10.1. The van der Waals surface area contributed by atoms with Gasteiger partial charge in [0.2, 0.25) is 0 Å². The maximum atomic E-state index is 13.7. The third-order valence-electron chi connectivity index (χ3n) is 4.52. The lowest BCUT2D eigenvalue weighted by molar-refractivity contribution is 0.552. The molecule has 2 N–H and O–H groups in total. The second-order valence-electron chi connectivity index (χ2n) is 6.33. The van der Waals surface area contributed by atoms with Crippen LogP contribution in [0.2, 0.25) is 5.02 Å². The fourth-order valence-corrected chi connectivity index (χ4v) is 3.39. The summed E-state index contributed by atoms with van der Waals surface area (Å²) in [5.41, 5.74) is 0.0808. The van der Waals surface area contributed by atoms with Gasteiger partial charge in [-0.25, -0.2) is 13.8 Å². The molecular weight excluding hydrogens is 372 g/mol.